The van der Waals surface area contributed by atoms with Gasteiger partial charge in [-0.15, -0.1) is 19.0 Å². The van der Waals surface area contributed by atoms with Gasteiger partial charge in [-0.2, -0.15) is 0 Å². The summed E-state index contributed by atoms with van der Waals surface area (Å²) in [7, 11) is 0. The van der Waals surface area contributed by atoms with Gasteiger partial charge in [0.2, 0.25) is 0 Å². The molecule has 3 aliphatic rings. The monoisotopic (exact) mass is 617 g/mol. The predicted molar refractivity (Wildman–Crippen MR) is 155 cm³/mol. The van der Waals surface area contributed by atoms with Crippen LogP contribution in [0.5, 0.6) is 0 Å². The molecule has 2 aliphatic carbocycles. The Hall–Kier alpha value is -2.05. The van der Waals surface area contributed by atoms with Crippen molar-refractivity contribution in [1.82, 2.24) is 4.90 Å². The van der Waals surface area contributed by atoms with Crippen molar-refractivity contribution in [3.63, 3.8) is 0 Å². The Labute approximate surface area is 254 Å². The van der Waals surface area contributed by atoms with Crippen molar-refractivity contribution in [2.24, 2.45) is 16.7 Å². The van der Waals surface area contributed by atoms with Crippen molar-refractivity contribution in [1.29, 1.82) is 0 Å². The standard InChI is InChI=1S/C30H47NO10.ClH/c1-10-27(7)15-20(34)30(37)28(8)19(33)13-14-26(5,6)24(28)23(25(39-18(4)32)29(30,9)41-27)40-22(36)17-38-21(35)16-31(11-2)12-3;/h10,19,23-25,33,37H,1,11-17H2,2-9H3;1H/t19-,23-,24-,25-,27-,28-,29+,30-;/m0./s1. The van der Waals surface area contributed by atoms with Crippen LogP contribution in [0.4, 0.5) is 0 Å². The second-order valence-electron chi connectivity index (χ2n) is 12.9. The van der Waals surface area contributed by atoms with Crippen LogP contribution in [0.1, 0.15) is 74.7 Å². The Morgan fingerprint density at radius 3 is 2.21 bits per heavy atom. The van der Waals surface area contributed by atoms with Crippen LogP contribution in [0.25, 0.3) is 0 Å². The molecule has 0 radical (unpaired) electrons. The largest absolute Gasteiger partial charge is 0.455 e. The smallest absolute Gasteiger partial charge is 0.344 e. The number of nitrogens with zero attached hydrogens (tertiary/aromatic N) is 1. The molecule has 11 nitrogen and oxygen atoms in total. The Bertz CT molecular complexity index is 1080. The van der Waals surface area contributed by atoms with E-state index in [-0.39, 0.29) is 31.8 Å². The van der Waals surface area contributed by atoms with E-state index in [0.717, 1.165) is 0 Å². The maximum absolute atomic E-state index is 14.0. The summed E-state index contributed by atoms with van der Waals surface area (Å²) in [5, 5.41) is 24.1. The number of carbonyl (C=O) groups is 4. The molecule has 42 heavy (non-hydrogen) atoms. The summed E-state index contributed by atoms with van der Waals surface area (Å²) in [4.78, 5) is 53.9. The number of halogens is 1. The van der Waals surface area contributed by atoms with E-state index in [9.17, 15) is 29.4 Å². The van der Waals surface area contributed by atoms with E-state index >= 15 is 0 Å². The van der Waals surface area contributed by atoms with Gasteiger partial charge in [-0.05, 0) is 45.2 Å². The van der Waals surface area contributed by atoms with Crippen LogP contribution in [-0.4, -0.2) is 100 Å². The first kappa shape index (κ1) is 36.1. The molecule has 8 atom stereocenters. The first-order valence-electron chi connectivity index (χ1n) is 14.4. The predicted octanol–water partition coefficient (Wildman–Crippen LogP) is 2.38. The third-order valence-electron chi connectivity index (χ3n) is 9.86. The lowest BCUT2D eigenvalue weighted by Crippen LogP contribution is -2.87. The van der Waals surface area contributed by atoms with Crippen molar-refractivity contribution < 1.29 is 48.3 Å². The zero-order valence-electron chi connectivity index (χ0n) is 26.1. The molecule has 1 saturated heterocycles. The molecule has 0 aromatic heterocycles. The van der Waals surface area contributed by atoms with Gasteiger partial charge >= 0.3 is 17.9 Å². The highest BCUT2D eigenvalue weighted by molar-refractivity contribution is 5.92. The zero-order chi connectivity index (χ0) is 31.2. The molecular formula is C30H48ClNO10. The normalized spacial score (nSPS) is 38.8. The fourth-order valence-corrected chi connectivity index (χ4v) is 7.74. The molecule has 0 amide bonds. The lowest BCUT2D eigenvalue weighted by molar-refractivity contribution is -0.371. The first-order chi connectivity index (χ1) is 18.9. The number of esters is 3. The van der Waals surface area contributed by atoms with Crippen LogP contribution < -0.4 is 0 Å². The number of fused-ring (bicyclic) bond motifs is 3. The summed E-state index contributed by atoms with van der Waals surface area (Å²) in [5.74, 6) is -3.71. The van der Waals surface area contributed by atoms with Crippen LogP contribution in [0, 0.1) is 16.7 Å². The second kappa shape index (κ2) is 12.5. The summed E-state index contributed by atoms with van der Waals surface area (Å²) in [6.07, 6.45) is -1.95. The number of aliphatic hydroxyl groups excluding tert-OH is 1. The number of hydrogen-bond donors (Lipinski definition) is 2. The van der Waals surface area contributed by atoms with E-state index in [2.05, 4.69) is 6.58 Å². The second-order valence-corrected chi connectivity index (χ2v) is 12.9. The fourth-order valence-electron chi connectivity index (χ4n) is 7.74. The van der Waals surface area contributed by atoms with Crippen molar-refractivity contribution in [2.75, 3.05) is 26.2 Å². The minimum absolute atomic E-state index is 0. The Kier molecular flexibility index (Phi) is 10.8. The maximum atomic E-state index is 14.0. The van der Waals surface area contributed by atoms with E-state index < -0.39 is 82.2 Å². The fraction of sp³-hybridized carbons (Fsp3) is 0.800. The van der Waals surface area contributed by atoms with Crippen LogP contribution in [0.3, 0.4) is 0 Å². The van der Waals surface area contributed by atoms with Crippen molar-refractivity contribution in [3.8, 4) is 0 Å². The average molecular weight is 618 g/mol. The van der Waals surface area contributed by atoms with Crippen LogP contribution >= 0.6 is 12.4 Å². The Balaban J connectivity index is 0.00000616. The number of carbonyl (C=O) groups excluding carboxylic acids is 4. The van der Waals surface area contributed by atoms with Gasteiger partial charge in [0.1, 0.15) is 11.7 Å². The maximum Gasteiger partial charge on any atom is 0.344 e. The Morgan fingerprint density at radius 2 is 1.69 bits per heavy atom. The number of likely N-dealkylation sites (N-methyl/N-ethyl adjacent to an activating group) is 1. The van der Waals surface area contributed by atoms with Crippen LogP contribution in [0.2, 0.25) is 0 Å². The minimum atomic E-state index is -2.33. The SMILES string of the molecule is C=C[C@@]1(C)CC(=O)[C@]2(O)[C@@]3(C)[C@@H](O)CCC(C)(C)[C@@H]3[C@H](OC(=O)COC(=O)CN(CC)CC)[C@H](OC(C)=O)[C@@]2(C)O1.Cl. The zero-order valence-corrected chi connectivity index (χ0v) is 26.9. The molecule has 2 saturated carbocycles. The van der Waals surface area contributed by atoms with Gasteiger partial charge < -0.3 is 29.2 Å². The van der Waals surface area contributed by atoms with Gasteiger partial charge in [0.15, 0.2) is 24.1 Å². The van der Waals surface area contributed by atoms with Crippen LogP contribution in [0.15, 0.2) is 12.7 Å². The molecule has 1 heterocycles. The van der Waals surface area contributed by atoms with Crippen molar-refractivity contribution in [2.45, 2.75) is 110 Å². The van der Waals surface area contributed by atoms with Gasteiger partial charge in [0, 0.05) is 24.7 Å². The number of Topliss-reactive ketones (excluding diaryl/α,β-unsaturated/α-hetero) is 1. The molecule has 240 valence electrons. The van der Waals surface area contributed by atoms with E-state index in [1.54, 1.807) is 13.8 Å². The molecule has 0 aromatic carbocycles. The number of hydrogen-bond acceptors (Lipinski definition) is 11. The van der Waals surface area contributed by atoms with Crippen LogP contribution in [-0.2, 0) is 38.1 Å². The molecule has 12 heteroatoms. The summed E-state index contributed by atoms with van der Waals surface area (Å²) in [5.41, 5.74) is -7.81. The highest BCUT2D eigenvalue weighted by Gasteiger charge is 2.82. The molecular weight excluding hydrogens is 570 g/mol. The van der Waals surface area contributed by atoms with E-state index in [1.807, 2.05) is 32.6 Å². The lowest BCUT2D eigenvalue weighted by Gasteiger charge is -2.71. The average Bonchev–Trinajstić information content (AvgIpc) is 2.88. The van der Waals surface area contributed by atoms with Gasteiger partial charge in [-0.25, -0.2) is 4.79 Å². The first-order valence-corrected chi connectivity index (χ1v) is 14.4. The van der Waals surface area contributed by atoms with E-state index in [4.69, 9.17) is 18.9 Å². The van der Waals surface area contributed by atoms with E-state index in [0.29, 0.717) is 19.5 Å². The molecule has 2 N–H and O–H groups in total. The number of ketones is 1. The highest BCUT2D eigenvalue weighted by Crippen LogP contribution is 2.67. The molecule has 3 fully saturated rings. The minimum Gasteiger partial charge on any atom is -0.455 e. The summed E-state index contributed by atoms with van der Waals surface area (Å²) < 4.78 is 23.4. The topological polar surface area (TPSA) is 149 Å². The quantitative estimate of drug-likeness (QED) is 0.223. The summed E-state index contributed by atoms with van der Waals surface area (Å²) >= 11 is 0. The third-order valence-corrected chi connectivity index (χ3v) is 9.86. The molecule has 0 spiro atoms. The molecule has 3 rings (SSSR count). The van der Waals surface area contributed by atoms with Gasteiger partial charge in [0.05, 0.1) is 18.2 Å². The van der Waals surface area contributed by atoms with E-state index in [1.165, 1.54) is 19.9 Å². The van der Waals surface area contributed by atoms with Crippen molar-refractivity contribution in [3.05, 3.63) is 12.7 Å². The van der Waals surface area contributed by atoms with Crippen molar-refractivity contribution >= 4 is 36.1 Å². The molecule has 0 unspecified atom stereocenters. The highest BCUT2D eigenvalue weighted by atomic mass is 35.5. The van der Waals surface area contributed by atoms with Gasteiger partial charge in [0.25, 0.3) is 0 Å². The third kappa shape index (κ3) is 5.75. The molecule has 1 aliphatic heterocycles. The molecule has 0 bridgehead atoms. The number of aliphatic hydroxyl groups is 2. The summed E-state index contributed by atoms with van der Waals surface area (Å²) in [6.45, 7) is 17.8. The molecule has 0 aromatic rings. The summed E-state index contributed by atoms with van der Waals surface area (Å²) in [6, 6.07) is 0. The number of ether oxygens (including phenoxy) is 4. The Morgan fingerprint density at radius 1 is 1.10 bits per heavy atom. The van der Waals surface area contributed by atoms with Gasteiger partial charge in [-0.3, -0.25) is 19.3 Å². The number of rotatable bonds is 9. The van der Waals surface area contributed by atoms with Gasteiger partial charge in [-0.1, -0.05) is 40.7 Å². The lowest BCUT2D eigenvalue weighted by atomic mass is 9.39.